The number of carbonyl (C=O) groups excluding carboxylic acids is 2. The minimum Gasteiger partial charge on any atom is -0.477 e. The summed E-state index contributed by atoms with van der Waals surface area (Å²) in [5, 5.41) is 9.67. The summed E-state index contributed by atoms with van der Waals surface area (Å²) < 4.78 is 22.9. The van der Waals surface area contributed by atoms with Gasteiger partial charge < -0.3 is 28.5 Å². The Morgan fingerprint density at radius 1 is 0.413 bits per heavy atom. The van der Waals surface area contributed by atoms with E-state index >= 15 is 0 Å². The molecule has 0 aliphatic heterocycles. The molecule has 0 rings (SSSR count). The summed E-state index contributed by atoms with van der Waals surface area (Å²) in [6.07, 6.45) is 47.4. The average Bonchev–Trinajstić information content (AvgIpc) is 3.24. The maximum Gasteiger partial charge on any atom is 0.361 e. The predicted molar refractivity (Wildman–Crippen MR) is 263 cm³/mol. The first-order valence-corrected chi connectivity index (χ1v) is 27.2. The zero-order valence-electron chi connectivity index (χ0n) is 42.5. The lowest BCUT2D eigenvalue weighted by atomic mass is 10.0. The van der Waals surface area contributed by atoms with Gasteiger partial charge in [-0.3, -0.25) is 9.59 Å². The number of unbranched alkanes of at least 4 members (excludes halogenated alkanes) is 36. The number of hydrogen-bond acceptors (Lipinski definition) is 7. The topological polar surface area (TPSA) is 108 Å². The van der Waals surface area contributed by atoms with E-state index in [1.165, 1.54) is 205 Å². The monoisotopic (exact) mass is 897 g/mol. The predicted octanol–water partition coefficient (Wildman–Crippen LogP) is 15.2. The van der Waals surface area contributed by atoms with Gasteiger partial charge in [-0.05, 0) is 12.8 Å². The summed E-state index contributed by atoms with van der Waals surface area (Å²) in [6.45, 7) is 4.93. The van der Waals surface area contributed by atoms with Gasteiger partial charge in [-0.25, -0.2) is 4.79 Å². The van der Waals surface area contributed by atoms with Gasteiger partial charge in [-0.1, -0.05) is 245 Å². The molecule has 0 radical (unpaired) electrons. The van der Waals surface area contributed by atoms with E-state index in [2.05, 4.69) is 13.8 Å². The minimum atomic E-state index is -1.50. The lowest BCUT2D eigenvalue weighted by molar-refractivity contribution is -0.870. The van der Waals surface area contributed by atoms with Crippen molar-refractivity contribution in [2.75, 3.05) is 47.5 Å². The first-order valence-electron chi connectivity index (χ1n) is 27.2. The van der Waals surface area contributed by atoms with Crippen molar-refractivity contribution in [3.8, 4) is 0 Å². The maximum atomic E-state index is 12.8. The Bertz CT molecular complexity index is 1000. The molecule has 63 heavy (non-hydrogen) atoms. The van der Waals surface area contributed by atoms with Crippen LogP contribution in [0, 0.1) is 0 Å². The fourth-order valence-electron chi connectivity index (χ4n) is 8.13. The Hall–Kier alpha value is -1.71. The number of esters is 2. The summed E-state index contributed by atoms with van der Waals surface area (Å²) in [7, 11) is 5.98. The van der Waals surface area contributed by atoms with Crippen LogP contribution in [0.25, 0.3) is 0 Å². The van der Waals surface area contributed by atoms with Crippen LogP contribution in [0.4, 0.5) is 0 Å². The highest BCUT2D eigenvalue weighted by Gasteiger charge is 2.25. The van der Waals surface area contributed by atoms with Crippen LogP contribution in [0.1, 0.15) is 271 Å². The number of likely N-dealkylation sites (N-methyl/N-ethyl adjacent to an activating group) is 1. The fraction of sp³-hybridized carbons (Fsp3) is 0.944. The molecule has 0 saturated heterocycles. The second kappa shape index (κ2) is 46.8. The van der Waals surface area contributed by atoms with E-state index in [1.807, 2.05) is 21.1 Å². The van der Waals surface area contributed by atoms with E-state index < -0.39 is 18.4 Å². The normalized spacial score (nSPS) is 12.7. The summed E-state index contributed by atoms with van der Waals surface area (Å²) in [4.78, 5) is 37.3. The molecule has 0 fully saturated rings. The maximum absolute atomic E-state index is 12.8. The Balaban J connectivity index is 4.22. The van der Waals surface area contributed by atoms with E-state index in [9.17, 15) is 19.5 Å². The third-order valence-electron chi connectivity index (χ3n) is 12.4. The van der Waals surface area contributed by atoms with Crippen molar-refractivity contribution in [3.05, 3.63) is 0 Å². The van der Waals surface area contributed by atoms with Crippen molar-refractivity contribution >= 4 is 17.9 Å². The van der Waals surface area contributed by atoms with E-state index in [0.29, 0.717) is 17.4 Å². The summed E-state index contributed by atoms with van der Waals surface area (Å²) in [6, 6.07) is 0. The van der Waals surface area contributed by atoms with Crippen molar-refractivity contribution in [2.24, 2.45) is 0 Å². The molecule has 2 unspecified atom stereocenters. The van der Waals surface area contributed by atoms with Crippen LogP contribution < -0.4 is 0 Å². The quantitative estimate of drug-likeness (QED) is 0.0278. The van der Waals surface area contributed by atoms with Crippen molar-refractivity contribution in [3.63, 3.8) is 0 Å². The Morgan fingerprint density at radius 3 is 1.02 bits per heavy atom. The van der Waals surface area contributed by atoms with Gasteiger partial charge in [0.2, 0.25) is 0 Å². The summed E-state index contributed by atoms with van der Waals surface area (Å²) in [5.41, 5.74) is 0. The molecule has 0 aromatic heterocycles. The summed E-state index contributed by atoms with van der Waals surface area (Å²) in [5.74, 6) is -1.98. The van der Waals surface area contributed by atoms with E-state index in [0.717, 1.165) is 38.5 Å². The largest absolute Gasteiger partial charge is 0.477 e. The van der Waals surface area contributed by atoms with E-state index in [4.69, 9.17) is 18.9 Å². The number of carboxylic acids is 1. The van der Waals surface area contributed by atoms with Gasteiger partial charge >= 0.3 is 17.9 Å². The molecular weight excluding hydrogens is 791 g/mol. The van der Waals surface area contributed by atoms with Crippen LogP contribution in [0.3, 0.4) is 0 Å². The van der Waals surface area contributed by atoms with Crippen LogP contribution in [0.5, 0.6) is 0 Å². The Labute approximate surface area is 390 Å². The van der Waals surface area contributed by atoms with Crippen molar-refractivity contribution in [2.45, 2.75) is 283 Å². The Kier molecular flexibility index (Phi) is 45.5. The fourth-order valence-corrected chi connectivity index (χ4v) is 8.13. The smallest absolute Gasteiger partial charge is 0.361 e. The molecular formula is C54H106NO8+. The molecule has 374 valence electrons. The van der Waals surface area contributed by atoms with Crippen molar-refractivity contribution in [1.29, 1.82) is 0 Å². The highest BCUT2D eigenvalue weighted by atomic mass is 16.7. The molecule has 2 atom stereocenters. The molecule has 0 aromatic rings. The van der Waals surface area contributed by atoms with Crippen molar-refractivity contribution < 1.29 is 42.9 Å². The second-order valence-electron chi connectivity index (χ2n) is 19.9. The van der Waals surface area contributed by atoms with Crippen LogP contribution in [0.15, 0.2) is 0 Å². The standard InChI is InChI=1S/C54H105NO8/c1-6-8-10-12-14-16-18-20-22-23-24-25-26-27-28-29-31-33-35-37-39-41-43-45-52(57)63-50(49-62-54(53(58)59)60-47-46-55(3,4)5)48-61-51(56)44-42-40-38-36-34-32-30-21-19-17-15-13-11-9-7-2/h50,54H,6-49H2,1-5H3/p+1. The number of rotatable bonds is 51. The van der Waals surface area contributed by atoms with Gasteiger partial charge in [-0.15, -0.1) is 0 Å². The van der Waals surface area contributed by atoms with Gasteiger partial charge in [0, 0.05) is 12.8 Å². The number of ether oxygens (including phenoxy) is 4. The third-order valence-corrected chi connectivity index (χ3v) is 12.4. The minimum absolute atomic E-state index is 0.173. The highest BCUT2D eigenvalue weighted by Crippen LogP contribution is 2.17. The van der Waals surface area contributed by atoms with Crippen LogP contribution in [-0.2, 0) is 33.3 Å². The SMILES string of the molecule is CCCCCCCCCCCCCCCCCCCCCCCCCC(=O)OC(COC(=O)CCCCCCCCCCCCCCCCC)COC(OCC[N+](C)(C)C)C(=O)O. The van der Waals surface area contributed by atoms with Crippen LogP contribution >= 0.6 is 0 Å². The van der Waals surface area contributed by atoms with Crippen LogP contribution in [0.2, 0.25) is 0 Å². The van der Waals surface area contributed by atoms with Gasteiger partial charge in [-0.2, -0.15) is 0 Å². The Morgan fingerprint density at radius 2 is 0.714 bits per heavy atom. The zero-order chi connectivity index (χ0) is 46.3. The van der Waals surface area contributed by atoms with Crippen molar-refractivity contribution in [1.82, 2.24) is 0 Å². The highest BCUT2D eigenvalue weighted by molar-refractivity contribution is 5.71. The molecule has 1 N–H and O–H groups in total. The number of aliphatic carboxylic acids is 1. The number of carboxylic acid groups (broad SMARTS) is 1. The summed E-state index contributed by atoms with van der Waals surface area (Å²) >= 11 is 0. The molecule has 0 saturated carbocycles. The first kappa shape index (κ1) is 61.3. The molecule has 9 heteroatoms. The molecule has 0 amide bonds. The molecule has 0 heterocycles. The molecule has 0 aliphatic carbocycles. The molecule has 0 aliphatic rings. The molecule has 9 nitrogen and oxygen atoms in total. The zero-order valence-corrected chi connectivity index (χ0v) is 42.5. The number of quaternary nitrogens is 1. The third kappa shape index (κ3) is 48.1. The van der Waals surface area contributed by atoms with Crippen LogP contribution in [-0.4, -0.2) is 87.4 Å². The molecule has 0 bridgehead atoms. The molecule has 0 aromatic carbocycles. The van der Waals surface area contributed by atoms with E-state index in [-0.39, 0.29) is 38.2 Å². The van der Waals surface area contributed by atoms with E-state index in [1.54, 1.807) is 0 Å². The number of hydrogen-bond donors (Lipinski definition) is 1. The first-order chi connectivity index (χ1) is 30.6. The average molecular weight is 897 g/mol. The second-order valence-corrected chi connectivity index (χ2v) is 19.9. The van der Waals surface area contributed by atoms with Gasteiger partial charge in [0.1, 0.15) is 13.2 Å². The van der Waals surface area contributed by atoms with Gasteiger partial charge in [0.25, 0.3) is 6.29 Å². The number of nitrogens with zero attached hydrogens (tertiary/aromatic N) is 1. The number of carbonyl (C=O) groups is 3. The van der Waals surface area contributed by atoms with Gasteiger partial charge in [0.05, 0.1) is 34.4 Å². The lowest BCUT2D eigenvalue weighted by Crippen LogP contribution is -2.40. The molecule has 0 spiro atoms. The van der Waals surface area contributed by atoms with Gasteiger partial charge in [0.15, 0.2) is 6.10 Å². The lowest BCUT2D eigenvalue weighted by Gasteiger charge is -2.25.